The molecule has 3 aromatic heterocycles. The Morgan fingerprint density at radius 2 is 2.17 bits per heavy atom. The van der Waals surface area contributed by atoms with E-state index in [9.17, 15) is 0 Å². The van der Waals surface area contributed by atoms with E-state index < -0.39 is 0 Å². The van der Waals surface area contributed by atoms with Gasteiger partial charge in [-0.05, 0) is 13.0 Å². The number of aromatic nitrogens is 6. The van der Waals surface area contributed by atoms with Crippen LogP contribution in [0.3, 0.4) is 0 Å². The highest BCUT2D eigenvalue weighted by atomic mass is 16.5. The normalized spacial score (nSPS) is 17.3. The molecule has 116 valence electrons. The lowest BCUT2D eigenvalue weighted by Crippen LogP contribution is -2.23. The van der Waals surface area contributed by atoms with Crippen molar-refractivity contribution in [1.82, 2.24) is 35.4 Å². The molecule has 0 saturated carbocycles. The first-order valence-electron chi connectivity index (χ1n) is 7.28. The SMILES string of the molecule is c1cnc(-c2noc(-c3cncnc3N[C@H]3CCNC3)n2)cn1. The summed E-state index contributed by atoms with van der Waals surface area (Å²) in [4.78, 5) is 20.9. The van der Waals surface area contributed by atoms with Crippen LogP contribution in [0, 0.1) is 0 Å². The van der Waals surface area contributed by atoms with Crippen LogP contribution in [0.1, 0.15) is 6.42 Å². The van der Waals surface area contributed by atoms with Gasteiger partial charge in [-0.25, -0.2) is 15.0 Å². The maximum Gasteiger partial charge on any atom is 0.263 e. The molecule has 1 saturated heterocycles. The summed E-state index contributed by atoms with van der Waals surface area (Å²) in [5.41, 5.74) is 1.22. The number of anilines is 1. The second kappa shape index (κ2) is 6.05. The van der Waals surface area contributed by atoms with Crippen LogP contribution in [-0.4, -0.2) is 49.2 Å². The first-order valence-corrected chi connectivity index (χ1v) is 7.28. The molecule has 1 fully saturated rings. The van der Waals surface area contributed by atoms with E-state index in [0.717, 1.165) is 19.5 Å². The van der Waals surface area contributed by atoms with Gasteiger partial charge in [0.1, 0.15) is 23.4 Å². The van der Waals surface area contributed by atoms with Gasteiger partial charge >= 0.3 is 0 Å². The lowest BCUT2D eigenvalue weighted by Gasteiger charge is -2.13. The number of rotatable bonds is 4. The highest BCUT2D eigenvalue weighted by molar-refractivity contribution is 5.69. The third-order valence-electron chi connectivity index (χ3n) is 3.56. The van der Waals surface area contributed by atoms with Crippen LogP contribution >= 0.6 is 0 Å². The van der Waals surface area contributed by atoms with Crippen molar-refractivity contribution in [3.63, 3.8) is 0 Å². The Morgan fingerprint density at radius 1 is 1.17 bits per heavy atom. The first-order chi connectivity index (χ1) is 11.4. The zero-order valence-electron chi connectivity index (χ0n) is 12.2. The van der Waals surface area contributed by atoms with Gasteiger partial charge in [0.2, 0.25) is 5.82 Å². The molecule has 1 atom stereocenters. The van der Waals surface area contributed by atoms with E-state index in [-0.39, 0.29) is 0 Å². The summed E-state index contributed by atoms with van der Waals surface area (Å²) in [6, 6.07) is 0.325. The highest BCUT2D eigenvalue weighted by Crippen LogP contribution is 2.26. The Bertz CT molecular complexity index is 784. The average molecular weight is 310 g/mol. The monoisotopic (exact) mass is 310 g/mol. The predicted molar refractivity (Wildman–Crippen MR) is 81.2 cm³/mol. The fourth-order valence-electron chi connectivity index (χ4n) is 2.42. The zero-order chi connectivity index (χ0) is 15.5. The Balaban J connectivity index is 1.64. The smallest absolute Gasteiger partial charge is 0.263 e. The molecular weight excluding hydrogens is 296 g/mol. The van der Waals surface area contributed by atoms with E-state index in [1.165, 1.54) is 6.33 Å². The molecule has 0 aliphatic carbocycles. The van der Waals surface area contributed by atoms with Crippen molar-refractivity contribution in [2.24, 2.45) is 0 Å². The molecule has 3 aromatic rings. The van der Waals surface area contributed by atoms with Crippen LogP contribution in [0.2, 0.25) is 0 Å². The van der Waals surface area contributed by atoms with Gasteiger partial charge in [0.05, 0.1) is 6.20 Å². The van der Waals surface area contributed by atoms with Crippen molar-refractivity contribution in [3.8, 4) is 23.0 Å². The Hall–Kier alpha value is -2.94. The minimum Gasteiger partial charge on any atom is -0.365 e. The number of nitrogens with one attached hydrogen (secondary N) is 2. The van der Waals surface area contributed by atoms with Crippen LogP contribution in [0.25, 0.3) is 23.0 Å². The van der Waals surface area contributed by atoms with E-state index in [1.807, 2.05) is 0 Å². The molecule has 0 aromatic carbocycles. The van der Waals surface area contributed by atoms with Crippen molar-refractivity contribution in [2.45, 2.75) is 12.5 Å². The van der Waals surface area contributed by atoms with Crippen LogP contribution in [0.5, 0.6) is 0 Å². The molecule has 1 aliphatic heterocycles. The van der Waals surface area contributed by atoms with E-state index >= 15 is 0 Å². The quantitative estimate of drug-likeness (QED) is 0.720. The van der Waals surface area contributed by atoms with Gasteiger partial charge in [-0.3, -0.25) is 4.98 Å². The maximum atomic E-state index is 5.35. The molecule has 4 rings (SSSR count). The third kappa shape index (κ3) is 2.86. The summed E-state index contributed by atoms with van der Waals surface area (Å²) in [6.45, 7) is 1.90. The van der Waals surface area contributed by atoms with Crippen LogP contribution < -0.4 is 10.6 Å². The summed E-state index contributed by atoms with van der Waals surface area (Å²) in [7, 11) is 0. The van der Waals surface area contributed by atoms with Crippen molar-refractivity contribution in [1.29, 1.82) is 0 Å². The zero-order valence-corrected chi connectivity index (χ0v) is 12.2. The second-order valence-electron chi connectivity index (χ2n) is 5.13. The summed E-state index contributed by atoms with van der Waals surface area (Å²) >= 11 is 0. The van der Waals surface area contributed by atoms with E-state index in [4.69, 9.17) is 4.52 Å². The molecule has 9 heteroatoms. The van der Waals surface area contributed by atoms with Gasteiger partial charge < -0.3 is 15.2 Å². The molecule has 4 heterocycles. The fraction of sp³-hybridized carbons (Fsp3) is 0.286. The van der Waals surface area contributed by atoms with Crippen molar-refractivity contribution in [3.05, 3.63) is 31.1 Å². The standard InChI is InChI=1S/C14H14N8O/c1-2-15-5-9(1)20-12-10(6-17-8-19-12)14-21-13(22-23-14)11-7-16-3-4-18-11/h3-4,6-9,15H,1-2,5H2,(H,17,19,20)/t9-/m0/s1. The van der Waals surface area contributed by atoms with Crippen molar-refractivity contribution >= 4 is 5.82 Å². The van der Waals surface area contributed by atoms with E-state index in [0.29, 0.717) is 34.8 Å². The third-order valence-corrected chi connectivity index (χ3v) is 3.56. The lowest BCUT2D eigenvalue weighted by molar-refractivity contribution is 0.432. The molecule has 23 heavy (non-hydrogen) atoms. The highest BCUT2D eigenvalue weighted by Gasteiger charge is 2.20. The molecule has 0 unspecified atom stereocenters. The fourth-order valence-corrected chi connectivity index (χ4v) is 2.42. The number of nitrogens with zero attached hydrogens (tertiary/aromatic N) is 6. The van der Waals surface area contributed by atoms with E-state index in [2.05, 4.69) is 40.7 Å². The van der Waals surface area contributed by atoms with Crippen LogP contribution in [0.15, 0.2) is 35.6 Å². The average Bonchev–Trinajstić information content (AvgIpc) is 3.28. The number of hydrogen-bond acceptors (Lipinski definition) is 9. The largest absolute Gasteiger partial charge is 0.365 e. The molecule has 1 aliphatic rings. The van der Waals surface area contributed by atoms with Gasteiger partial charge in [0.25, 0.3) is 5.89 Å². The van der Waals surface area contributed by atoms with Gasteiger partial charge in [-0.1, -0.05) is 5.16 Å². The van der Waals surface area contributed by atoms with Crippen molar-refractivity contribution in [2.75, 3.05) is 18.4 Å². The molecule has 9 nitrogen and oxygen atoms in total. The van der Waals surface area contributed by atoms with Gasteiger partial charge in [-0.2, -0.15) is 4.98 Å². The summed E-state index contributed by atoms with van der Waals surface area (Å²) in [5.74, 6) is 1.41. The molecule has 0 amide bonds. The molecule has 0 spiro atoms. The Morgan fingerprint density at radius 3 is 3.00 bits per heavy atom. The van der Waals surface area contributed by atoms with E-state index in [1.54, 1.807) is 24.8 Å². The molecule has 0 radical (unpaired) electrons. The van der Waals surface area contributed by atoms with Gasteiger partial charge in [0.15, 0.2) is 0 Å². The lowest BCUT2D eigenvalue weighted by atomic mass is 10.2. The molecular formula is C14H14N8O. The summed E-state index contributed by atoms with van der Waals surface area (Å²) < 4.78 is 5.35. The minimum absolute atomic E-state index is 0.325. The molecule has 0 bridgehead atoms. The van der Waals surface area contributed by atoms with Gasteiger partial charge in [-0.15, -0.1) is 0 Å². The predicted octanol–water partition coefficient (Wildman–Crippen LogP) is 0.757. The number of hydrogen-bond donors (Lipinski definition) is 2. The first kappa shape index (κ1) is 13.7. The summed E-state index contributed by atoms with van der Waals surface area (Å²) in [6.07, 6.45) is 8.95. The Kier molecular flexibility index (Phi) is 3.60. The van der Waals surface area contributed by atoms with Crippen LogP contribution in [-0.2, 0) is 0 Å². The topological polar surface area (TPSA) is 115 Å². The second-order valence-corrected chi connectivity index (χ2v) is 5.13. The molecule has 2 N–H and O–H groups in total. The summed E-state index contributed by atoms with van der Waals surface area (Å²) in [5, 5.41) is 10.6. The Labute approximate surface area is 131 Å². The van der Waals surface area contributed by atoms with Gasteiger partial charge in [0, 0.05) is 31.2 Å². The maximum absolute atomic E-state index is 5.35. The minimum atomic E-state index is 0.325. The van der Waals surface area contributed by atoms with Crippen LogP contribution in [0.4, 0.5) is 5.82 Å². The van der Waals surface area contributed by atoms with Crippen molar-refractivity contribution < 1.29 is 4.52 Å².